The van der Waals surface area contributed by atoms with Crippen LogP contribution in [0.4, 0.5) is 0 Å². The van der Waals surface area contributed by atoms with E-state index in [9.17, 15) is 4.79 Å². The van der Waals surface area contributed by atoms with Gasteiger partial charge in [0.15, 0.2) is 0 Å². The molecule has 1 heterocycles. The van der Waals surface area contributed by atoms with Crippen molar-refractivity contribution in [2.24, 2.45) is 11.5 Å². The predicted octanol–water partition coefficient (Wildman–Crippen LogP) is 0.970. The summed E-state index contributed by atoms with van der Waals surface area (Å²) in [5.74, 6) is -0.937. The van der Waals surface area contributed by atoms with Crippen LogP contribution in [0.1, 0.15) is 18.0 Å². The van der Waals surface area contributed by atoms with Gasteiger partial charge in [0.2, 0.25) is 0 Å². The number of benzene rings is 1. The topological polar surface area (TPSA) is 105 Å². The van der Waals surface area contributed by atoms with Gasteiger partial charge < -0.3 is 21.6 Å². The number of nitrogens with one attached hydrogen (secondary N) is 1. The van der Waals surface area contributed by atoms with Crippen LogP contribution in [-0.4, -0.2) is 22.1 Å². The molecule has 17 heavy (non-hydrogen) atoms. The number of hydrogen-bond donors (Lipinski definition) is 4. The lowest BCUT2D eigenvalue weighted by atomic mass is 9.98. The molecule has 1 aromatic heterocycles. The Morgan fingerprint density at radius 1 is 1.35 bits per heavy atom. The second kappa shape index (κ2) is 4.57. The number of rotatable bonds is 4. The first-order valence-electron chi connectivity index (χ1n) is 5.38. The van der Waals surface area contributed by atoms with E-state index in [0.717, 1.165) is 16.5 Å². The highest BCUT2D eigenvalue weighted by Gasteiger charge is 2.20. The van der Waals surface area contributed by atoms with Crippen molar-refractivity contribution in [3.8, 4) is 0 Å². The van der Waals surface area contributed by atoms with Crippen molar-refractivity contribution in [1.82, 2.24) is 4.98 Å². The Hall–Kier alpha value is -1.85. The third kappa shape index (κ3) is 2.30. The van der Waals surface area contributed by atoms with Gasteiger partial charge in [0, 0.05) is 29.2 Å². The van der Waals surface area contributed by atoms with E-state index in [1.165, 1.54) is 0 Å². The summed E-state index contributed by atoms with van der Waals surface area (Å²) in [6.07, 6.45) is 1.65. The number of aliphatic carboxylic acids is 1. The monoisotopic (exact) mass is 233 g/mol. The third-order valence-electron chi connectivity index (χ3n) is 2.85. The van der Waals surface area contributed by atoms with Crippen LogP contribution in [0.25, 0.3) is 10.9 Å². The number of para-hydroxylation sites is 1. The number of carboxylic acids is 1. The van der Waals surface area contributed by atoms with Gasteiger partial charge in [-0.3, -0.25) is 4.79 Å². The van der Waals surface area contributed by atoms with Crippen LogP contribution in [0, 0.1) is 0 Å². The molecule has 5 nitrogen and oxygen atoms in total. The van der Waals surface area contributed by atoms with Crippen molar-refractivity contribution in [3.05, 3.63) is 36.0 Å². The van der Waals surface area contributed by atoms with Gasteiger partial charge >= 0.3 is 5.97 Å². The minimum Gasteiger partial charge on any atom is -0.481 e. The molecule has 0 amide bonds. The maximum atomic E-state index is 10.6. The second-order valence-corrected chi connectivity index (χ2v) is 4.08. The zero-order valence-electron chi connectivity index (χ0n) is 9.26. The molecule has 90 valence electrons. The molecule has 5 heteroatoms. The molecule has 2 unspecified atom stereocenters. The molecule has 2 rings (SSSR count). The van der Waals surface area contributed by atoms with Gasteiger partial charge in [-0.15, -0.1) is 0 Å². The Kier molecular flexibility index (Phi) is 3.12. The van der Waals surface area contributed by atoms with E-state index in [2.05, 4.69) is 4.98 Å². The highest BCUT2D eigenvalue weighted by Crippen LogP contribution is 2.24. The molecule has 0 radical (unpaired) electrons. The zero-order valence-corrected chi connectivity index (χ0v) is 9.26. The van der Waals surface area contributed by atoms with Gasteiger partial charge in [-0.2, -0.15) is 0 Å². The van der Waals surface area contributed by atoms with E-state index in [4.69, 9.17) is 16.6 Å². The normalized spacial score (nSPS) is 14.7. The second-order valence-electron chi connectivity index (χ2n) is 4.08. The Balaban J connectivity index is 2.30. The van der Waals surface area contributed by atoms with Crippen LogP contribution in [0.15, 0.2) is 30.5 Å². The molecule has 6 N–H and O–H groups in total. The van der Waals surface area contributed by atoms with Crippen LogP contribution in [0.2, 0.25) is 0 Å². The maximum Gasteiger partial charge on any atom is 0.304 e. The summed E-state index contributed by atoms with van der Waals surface area (Å²) in [5, 5.41) is 9.69. The Labute approximate surface area is 98.4 Å². The lowest BCUT2D eigenvalue weighted by Gasteiger charge is -2.17. The van der Waals surface area contributed by atoms with E-state index >= 15 is 0 Å². The van der Waals surface area contributed by atoms with Gasteiger partial charge in [-0.1, -0.05) is 18.2 Å². The highest BCUT2D eigenvalue weighted by atomic mass is 16.4. The minimum atomic E-state index is -0.937. The number of carboxylic acid groups (broad SMARTS) is 1. The molecule has 0 spiro atoms. The van der Waals surface area contributed by atoms with Gasteiger partial charge in [-0.05, 0) is 11.6 Å². The summed E-state index contributed by atoms with van der Waals surface area (Å²) in [7, 11) is 0. The van der Waals surface area contributed by atoms with Crippen molar-refractivity contribution >= 4 is 16.9 Å². The minimum absolute atomic E-state index is 0.138. The first-order valence-corrected chi connectivity index (χ1v) is 5.38. The number of hydrogen-bond acceptors (Lipinski definition) is 3. The standard InChI is InChI=1S/C12H15N3O2/c13-9(5-11(16)17)12(14)8-6-15-10-4-2-1-3-7(8)10/h1-4,6,9,12,15H,5,13-14H2,(H,16,17). The first kappa shape index (κ1) is 11.6. The lowest BCUT2D eigenvalue weighted by Crippen LogP contribution is -2.35. The van der Waals surface area contributed by atoms with E-state index < -0.39 is 18.1 Å². The van der Waals surface area contributed by atoms with Crippen LogP contribution in [-0.2, 0) is 4.79 Å². The number of aromatic nitrogens is 1. The zero-order chi connectivity index (χ0) is 12.4. The average Bonchev–Trinajstić information content (AvgIpc) is 2.70. The molecule has 0 saturated heterocycles. The van der Waals surface area contributed by atoms with Crippen LogP contribution in [0.3, 0.4) is 0 Å². The molecule has 0 aliphatic carbocycles. The summed E-state index contributed by atoms with van der Waals surface area (Å²) in [6.45, 7) is 0. The molecule has 0 saturated carbocycles. The summed E-state index contributed by atoms with van der Waals surface area (Å²) < 4.78 is 0. The van der Waals surface area contributed by atoms with Crippen molar-refractivity contribution in [2.75, 3.05) is 0 Å². The Morgan fingerprint density at radius 3 is 2.76 bits per heavy atom. The molecule has 0 fully saturated rings. The quantitative estimate of drug-likeness (QED) is 0.631. The van der Waals surface area contributed by atoms with Crippen LogP contribution in [0.5, 0.6) is 0 Å². The van der Waals surface area contributed by atoms with Crippen molar-refractivity contribution in [1.29, 1.82) is 0 Å². The summed E-state index contributed by atoms with van der Waals surface area (Å²) >= 11 is 0. The van der Waals surface area contributed by atoms with Crippen molar-refractivity contribution < 1.29 is 9.90 Å². The summed E-state index contributed by atoms with van der Waals surface area (Å²) in [5.41, 5.74) is 13.6. The number of H-pyrrole nitrogens is 1. The summed E-state index contributed by atoms with van der Waals surface area (Å²) in [4.78, 5) is 13.7. The van der Waals surface area contributed by atoms with E-state index in [0.29, 0.717) is 0 Å². The van der Waals surface area contributed by atoms with E-state index in [1.807, 2.05) is 24.3 Å². The number of carbonyl (C=O) groups is 1. The predicted molar refractivity (Wildman–Crippen MR) is 65.5 cm³/mol. The highest BCUT2D eigenvalue weighted by molar-refractivity contribution is 5.83. The van der Waals surface area contributed by atoms with Gasteiger partial charge in [0.1, 0.15) is 0 Å². The molecule has 0 bridgehead atoms. The third-order valence-corrected chi connectivity index (χ3v) is 2.85. The van der Waals surface area contributed by atoms with Gasteiger partial charge in [0.05, 0.1) is 6.42 Å². The molecular weight excluding hydrogens is 218 g/mol. The molecule has 2 atom stereocenters. The van der Waals surface area contributed by atoms with E-state index in [-0.39, 0.29) is 6.42 Å². The lowest BCUT2D eigenvalue weighted by molar-refractivity contribution is -0.137. The van der Waals surface area contributed by atoms with Crippen molar-refractivity contribution in [2.45, 2.75) is 18.5 Å². The number of aromatic amines is 1. The molecule has 0 aliphatic heterocycles. The van der Waals surface area contributed by atoms with Crippen LogP contribution < -0.4 is 11.5 Å². The Morgan fingerprint density at radius 2 is 2.06 bits per heavy atom. The van der Waals surface area contributed by atoms with Crippen LogP contribution >= 0.6 is 0 Å². The molecular formula is C12H15N3O2. The fourth-order valence-electron chi connectivity index (χ4n) is 1.93. The average molecular weight is 233 g/mol. The number of fused-ring (bicyclic) bond motifs is 1. The smallest absolute Gasteiger partial charge is 0.304 e. The molecule has 0 aliphatic rings. The van der Waals surface area contributed by atoms with Crippen molar-refractivity contribution in [3.63, 3.8) is 0 Å². The van der Waals surface area contributed by atoms with Gasteiger partial charge in [-0.25, -0.2) is 0 Å². The largest absolute Gasteiger partial charge is 0.481 e. The van der Waals surface area contributed by atoms with Gasteiger partial charge in [0.25, 0.3) is 0 Å². The maximum absolute atomic E-state index is 10.6. The molecule has 1 aromatic carbocycles. The molecule has 2 aromatic rings. The fraction of sp³-hybridized carbons (Fsp3) is 0.250. The first-order chi connectivity index (χ1) is 8.09. The SMILES string of the molecule is NC(CC(=O)O)C(N)c1c[nH]c2ccccc12. The number of nitrogens with two attached hydrogens (primary N) is 2. The Bertz CT molecular complexity index is 535. The summed E-state index contributed by atoms with van der Waals surface area (Å²) in [6, 6.07) is 6.64. The fourth-order valence-corrected chi connectivity index (χ4v) is 1.93. The van der Waals surface area contributed by atoms with E-state index in [1.54, 1.807) is 6.20 Å².